The minimum absolute atomic E-state index is 0.00830. The zero-order chi connectivity index (χ0) is 12.8. The Labute approximate surface area is 107 Å². The number of aromatic nitrogens is 2. The van der Waals surface area contributed by atoms with Crippen molar-refractivity contribution in [2.24, 2.45) is 0 Å². The number of carbonyl (C=O) groups excluding carboxylic acids is 1. The van der Waals surface area contributed by atoms with Crippen molar-refractivity contribution in [3.63, 3.8) is 0 Å². The quantitative estimate of drug-likeness (QED) is 0.874. The van der Waals surface area contributed by atoms with Crippen molar-refractivity contribution in [3.8, 4) is 0 Å². The maximum Gasteiger partial charge on any atom is 0.251 e. The largest absolute Gasteiger partial charge is 0.352 e. The molecule has 2 rings (SSSR count). The summed E-state index contributed by atoms with van der Waals surface area (Å²) in [7, 11) is 0. The summed E-state index contributed by atoms with van der Waals surface area (Å²) in [6.45, 7) is 3.53. The van der Waals surface area contributed by atoms with Gasteiger partial charge < -0.3 is 9.88 Å². The Balaban J connectivity index is 1.99. The molecule has 1 heterocycles. The predicted molar refractivity (Wildman–Crippen MR) is 70.4 cm³/mol. The van der Waals surface area contributed by atoms with E-state index < -0.39 is 0 Å². The van der Waals surface area contributed by atoms with Gasteiger partial charge in [0.15, 0.2) is 0 Å². The number of hydrogen-bond acceptors (Lipinski definition) is 2. The molecule has 0 saturated carbocycles. The van der Waals surface area contributed by atoms with E-state index in [-0.39, 0.29) is 5.91 Å². The SMILES string of the molecule is CCCNC(=O)c1ccc(Cn2ccnc2)cc1. The summed E-state index contributed by atoms with van der Waals surface area (Å²) < 4.78 is 1.99. The first-order valence-electron chi connectivity index (χ1n) is 6.12. The summed E-state index contributed by atoms with van der Waals surface area (Å²) in [6.07, 6.45) is 6.40. The van der Waals surface area contributed by atoms with Gasteiger partial charge in [-0.15, -0.1) is 0 Å². The minimum atomic E-state index is -0.00830. The smallest absolute Gasteiger partial charge is 0.251 e. The monoisotopic (exact) mass is 243 g/mol. The summed E-state index contributed by atoms with van der Waals surface area (Å²) >= 11 is 0. The highest BCUT2D eigenvalue weighted by molar-refractivity contribution is 5.94. The van der Waals surface area contributed by atoms with Crippen molar-refractivity contribution >= 4 is 5.91 Å². The van der Waals surface area contributed by atoms with Gasteiger partial charge in [-0.1, -0.05) is 19.1 Å². The fraction of sp³-hybridized carbons (Fsp3) is 0.286. The van der Waals surface area contributed by atoms with E-state index in [2.05, 4.69) is 10.3 Å². The molecule has 0 radical (unpaired) electrons. The number of imidazole rings is 1. The average Bonchev–Trinajstić information content (AvgIpc) is 2.89. The van der Waals surface area contributed by atoms with Crippen LogP contribution < -0.4 is 5.32 Å². The van der Waals surface area contributed by atoms with Crippen LogP contribution in [0.25, 0.3) is 0 Å². The molecule has 0 atom stereocenters. The molecule has 1 amide bonds. The lowest BCUT2D eigenvalue weighted by molar-refractivity contribution is 0.0953. The van der Waals surface area contributed by atoms with Gasteiger partial charge in [0.1, 0.15) is 0 Å². The molecule has 1 aromatic carbocycles. The number of rotatable bonds is 5. The van der Waals surface area contributed by atoms with Crippen LogP contribution in [0.4, 0.5) is 0 Å². The molecule has 0 aliphatic heterocycles. The fourth-order valence-corrected chi connectivity index (χ4v) is 1.69. The molecule has 0 spiro atoms. The van der Waals surface area contributed by atoms with E-state index in [9.17, 15) is 4.79 Å². The maximum absolute atomic E-state index is 11.7. The Hall–Kier alpha value is -2.10. The van der Waals surface area contributed by atoms with Crippen LogP contribution in [0.1, 0.15) is 29.3 Å². The first kappa shape index (κ1) is 12.4. The van der Waals surface area contributed by atoms with Crippen LogP contribution in [0.2, 0.25) is 0 Å². The molecule has 4 heteroatoms. The predicted octanol–water partition coefficient (Wildman–Crippen LogP) is 2.07. The summed E-state index contributed by atoms with van der Waals surface area (Å²) in [5, 5.41) is 2.86. The van der Waals surface area contributed by atoms with Gasteiger partial charge in [0.05, 0.1) is 6.33 Å². The van der Waals surface area contributed by atoms with Crippen molar-refractivity contribution in [1.82, 2.24) is 14.9 Å². The lowest BCUT2D eigenvalue weighted by Crippen LogP contribution is -2.23. The lowest BCUT2D eigenvalue weighted by atomic mass is 10.1. The summed E-state index contributed by atoms with van der Waals surface area (Å²) in [4.78, 5) is 15.7. The van der Waals surface area contributed by atoms with Gasteiger partial charge in [-0.25, -0.2) is 4.98 Å². The summed E-state index contributed by atoms with van der Waals surface area (Å²) in [6, 6.07) is 7.66. The normalized spacial score (nSPS) is 10.3. The summed E-state index contributed by atoms with van der Waals surface area (Å²) in [5.74, 6) is -0.00830. The van der Waals surface area contributed by atoms with Gasteiger partial charge in [-0.2, -0.15) is 0 Å². The van der Waals surface area contributed by atoms with Crippen LogP contribution in [0, 0.1) is 0 Å². The van der Waals surface area contributed by atoms with Crippen molar-refractivity contribution in [2.45, 2.75) is 19.9 Å². The molecule has 1 N–H and O–H groups in total. The van der Waals surface area contributed by atoms with Gasteiger partial charge in [0.2, 0.25) is 0 Å². The van der Waals surface area contributed by atoms with Crippen molar-refractivity contribution in [3.05, 3.63) is 54.1 Å². The van der Waals surface area contributed by atoms with Crippen molar-refractivity contribution in [2.75, 3.05) is 6.54 Å². The van der Waals surface area contributed by atoms with Crippen LogP contribution in [-0.2, 0) is 6.54 Å². The number of nitrogens with zero attached hydrogens (tertiary/aromatic N) is 2. The second kappa shape index (κ2) is 6.00. The number of amides is 1. The highest BCUT2D eigenvalue weighted by Crippen LogP contribution is 2.06. The molecule has 4 nitrogen and oxygen atoms in total. The van der Waals surface area contributed by atoms with Gasteiger partial charge in [-0.05, 0) is 24.1 Å². The number of hydrogen-bond donors (Lipinski definition) is 1. The average molecular weight is 243 g/mol. The van der Waals surface area contributed by atoms with Crippen LogP contribution in [0.3, 0.4) is 0 Å². The molecule has 1 aromatic heterocycles. The Morgan fingerprint density at radius 3 is 2.72 bits per heavy atom. The molecule has 94 valence electrons. The molecule has 0 bridgehead atoms. The molecule has 0 fully saturated rings. The maximum atomic E-state index is 11.7. The van der Waals surface area contributed by atoms with E-state index in [1.807, 2.05) is 42.0 Å². The van der Waals surface area contributed by atoms with E-state index in [0.717, 1.165) is 25.1 Å². The van der Waals surface area contributed by atoms with Gasteiger partial charge in [0, 0.05) is 31.0 Å². The molecule has 0 saturated heterocycles. The molecule has 0 aliphatic carbocycles. The number of benzene rings is 1. The summed E-state index contributed by atoms with van der Waals surface area (Å²) in [5.41, 5.74) is 1.86. The third-order valence-electron chi connectivity index (χ3n) is 2.68. The minimum Gasteiger partial charge on any atom is -0.352 e. The van der Waals surface area contributed by atoms with Crippen molar-refractivity contribution in [1.29, 1.82) is 0 Å². The van der Waals surface area contributed by atoms with Crippen LogP contribution in [0.15, 0.2) is 43.0 Å². The van der Waals surface area contributed by atoms with Gasteiger partial charge in [0.25, 0.3) is 5.91 Å². The molecule has 2 aromatic rings. The van der Waals surface area contributed by atoms with E-state index in [1.54, 1.807) is 12.5 Å². The Morgan fingerprint density at radius 1 is 1.33 bits per heavy atom. The number of carbonyl (C=O) groups is 1. The first-order chi connectivity index (χ1) is 8.79. The lowest BCUT2D eigenvalue weighted by Gasteiger charge is -2.05. The van der Waals surface area contributed by atoms with Gasteiger partial charge >= 0.3 is 0 Å². The third kappa shape index (κ3) is 3.20. The first-order valence-corrected chi connectivity index (χ1v) is 6.12. The zero-order valence-electron chi connectivity index (χ0n) is 10.5. The standard InChI is InChI=1S/C14H17N3O/c1-2-7-16-14(18)13-5-3-12(4-6-13)10-17-9-8-15-11-17/h3-6,8-9,11H,2,7,10H2,1H3,(H,16,18). The van der Waals surface area contributed by atoms with E-state index in [1.165, 1.54) is 0 Å². The topological polar surface area (TPSA) is 46.9 Å². The molecular formula is C14H17N3O. The molecule has 0 aliphatic rings. The second-order valence-electron chi connectivity index (χ2n) is 4.19. The third-order valence-corrected chi connectivity index (χ3v) is 2.68. The van der Waals surface area contributed by atoms with E-state index in [4.69, 9.17) is 0 Å². The molecular weight excluding hydrogens is 226 g/mol. The highest BCUT2D eigenvalue weighted by Gasteiger charge is 2.03. The van der Waals surface area contributed by atoms with Crippen LogP contribution >= 0.6 is 0 Å². The Bertz CT molecular complexity index is 488. The molecule has 18 heavy (non-hydrogen) atoms. The van der Waals surface area contributed by atoms with E-state index >= 15 is 0 Å². The highest BCUT2D eigenvalue weighted by atomic mass is 16.1. The van der Waals surface area contributed by atoms with E-state index in [0.29, 0.717) is 5.56 Å². The van der Waals surface area contributed by atoms with Crippen LogP contribution in [0.5, 0.6) is 0 Å². The van der Waals surface area contributed by atoms with Crippen LogP contribution in [-0.4, -0.2) is 22.0 Å². The fourth-order valence-electron chi connectivity index (χ4n) is 1.69. The Kier molecular flexibility index (Phi) is 4.12. The Morgan fingerprint density at radius 2 is 2.11 bits per heavy atom. The number of nitrogens with one attached hydrogen (secondary N) is 1. The van der Waals surface area contributed by atoms with Gasteiger partial charge in [-0.3, -0.25) is 4.79 Å². The van der Waals surface area contributed by atoms with Crippen molar-refractivity contribution < 1.29 is 4.79 Å². The zero-order valence-corrected chi connectivity index (χ0v) is 10.5. The second-order valence-corrected chi connectivity index (χ2v) is 4.19. The molecule has 0 unspecified atom stereocenters.